The van der Waals surface area contributed by atoms with Crippen LogP contribution in [0.1, 0.15) is 24.3 Å². The van der Waals surface area contributed by atoms with Crippen LogP contribution in [0.5, 0.6) is 0 Å². The lowest BCUT2D eigenvalue weighted by atomic mass is 10.2. The summed E-state index contributed by atoms with van der Waals surface area (Å²) in [7, 11) is 1.64. The fourth-order valence-electron chi connectivity index (χ4n) is 2.09. The van der Waals surface area contributed by atoms with Gasteiger partial charge in [0.1, 0.15) is 4.83 Å². The fraction of sp³-hybridized carbons (Fsp3) is 0.467. The molecule has 0 spiro atoms. The summed E-state index contributed by atoms with van der Waals surface area (Å²) < 4.78 is 1.45. The van der Waals surface area contributed by atoms with Gasteiger partial charge in [-0.1, -0.05) is 11.8 Å². The van der Waals surface area contributed by atoms with Gasteiger partial charge in [-0.3, -0.25) is 19.5 Å². The number of carbonyl (C=O) groups excluding carboxylic acids is 2. The topological polar surface area (TPSA) is 93.1 Å². The van der Waals surface area contributed by atoms with Crippen LogP contribution in [-0.4, -0.2) is 33.3 Å². The quantitative estimate of drug-likeness (QED) is 0.635. The van der Waals surface area contributed by atoms with E-state index in [-0.39, 0.29) is 5.56 Å². The molecule has 0 unspecified atom stereocenters. The van der Waals surface area contributed by atoms with Gasteiger partial charge in [0, 0.05) is 18.5 Å². The molecule has 7 nitrogen and oxygen atoms in total. The van der Waals surface area contributed by atoms with E-state index in [1.54, 1.807) is 20.9 Å². The number of nitrogens with zero attached hydrogens (tertiary/aromatic N) is 2. The van der Waals surface area contributed by atoms with E-state index in [4.69, 9.17) is 0 Å². The third-order valence-electron chi connectivity index (χ3n) is 3.59. The van der Waals surface area contributed by atoms with E-state index in [9.17, 15) is 14.4 Å². The van der Waals surface area contributed by atoms with Crippen LogP contribution in [0.3, 0.4) is 0 Å². The first-order chi connectivity index (χ1) is 11.3. The zero-order chi connectivity index (χ0) is 18.0. The molecule has 9 heteroatoms. The molecule has 2 aromatic heterocycles. The number of urea groups is 1. The first kappa shape index (κ1) is 18.5. The summed E-state index contributed by atoms with van der Waals surface area (Å²) in [4.78, 5) is 42.3. The fourth-order valence-corrected chi connectivity index (χ4v) is 4.04. The van der Waals surface area contributed by atoms with Crippen LogP contribution in [0.2, 0.25) is 0 Å². The average Bonchev–Trinajstić information content (AvgIpc) is 2.79. The first-order valence-corrected chi connectivity index (χ1v) is 9.17. The summed E-state index contributed by atoms with van der Waals surface area (Å²) in [5.41, 5.74) is 0.822. The maximum atomic E-state index is 12.5. The van der Waals surface area contributed by atoms with Crippen molar-refractivity contribution in [3.8, 4) is 0 Å². The number of thiophene rings is 1. The highest BCUT2D eigenvalue weighted by Gasteiger charge is 2.21. The predicted octanol–water partition coefficient (Wildman–Crippen LogP) is 1.94. The lowest BCUT2D eigenvalue weighted by Gasteiger charge is -2.13. The third-order valence-corrected chi connectivity index (χ3v) is 5.84. The van der Waals surface area contributed by atoms with Gasteiger partial charge >= 0.3 is 6.03 Å². The molecule has 0 aliphatic rings. The van der Waals surface area contributed by atoms with Crippen molar-refractivity contribution in [3.63, 3.8) is 0 Å². The lowest BCUT2D eigenvalue weighted by molar-refractivity contribution is -0.119. The van der Waals surface area contributed by atoms with Gasteiger partial charge in [0.05, 0.1) is 10.6 Å². The van der Waals surface area contributed by atoms with E-state index < -0.39 is 17.2 Å². The number of rotatable bonds is 4. The molecule has 2 heterocycles. The Hall–Kier alpha value is -1.87. The number of hydrogen-bond donors (Lipinski definition) is 2. The Morgan fingerprint density at radius 2 is 2.04 bits per heavy atom. The van der Waals surface area contributed by atoms with E-state index in [1.807, 2.05) is 13.8 Å². The van der Waals surface area contributed by atoms with Gasteiger partial charge in [-0.25, -0.2) is 9.78 Å². The molecule has 1 atom stereocenters. The molecule has 0 aromatic carbocycles. The van der Waals surface area contributed by atoms with E-state index in [0.29, 0.717) is 21.9 Å². The number of carbonyl (C=O) groups is 2. The minimum Gasteiger partial charge on any atom is -0.338 e. The molecule has 0 fully saturated rings. The molecular weight excluding hydrogens is 348 g/mol. The van der Waals surface area contributed by atoms with Gasteiger partial charge in [-0.15, -0.1) is 11.3 Å². The Morgan fingerprint density at radius 3 is 2.67 bits per heavy atom. The van der Waals surface area contributed by atoms with Gasteiger partial charge in [0.2, 0.25) is 5.91 Å². The Balaban J connectivity index is 2.27. The zero-order valence-electron chi connectivity index (χ0n) is 14.2. The number of imide groups is 1. The summed E-state index contributed by atoms with van der Waals surface area (Å²) >= 11 is 2.62. The molecule has 0 aliphatic carbocycles. The molecule has 0 saturated carbocycles. The summed E-state index contributed by atoms with van der Waals surface area (Å²) in [6, 6.07) is -0.531. The molecule has 130 valence electrons. The smallest absolute Gasteiger partial charge is 0.321 e. The van der Waals surface area contributed by atoms with Crippen LogP contribution in [-0.2, 0) is 11.8 Å². The number of amides is 3. The number of hydrogen-bond acceptors (Lipinski definition) is 6. The Bertz CT molecular complexity index is 857. The van der Waals surface area contributed by atoms with Crippen molar-refractivity contribution < 1.29 is 9.59 Å². The van der Waals surface area contributed by atoms with Gasteiger partial charge in [0.25, 0.3) is 5.56 Å². The van der Waals surface area contributed by atoms with E-state index in [0.717, 1.165) is 22.2 Å². The van der Waals surface area contributed by atoms with Gasteiger partial charge in [-0.2, -0.15) is 0 Å². The molecule has 3 amide bonds. The van der Waals surface area contributed by atoms with Crippen LogP contribution >= 0.6 is 23.1 Å². The van der Waals surface area contributed by atoms with Crippen molar-refractivity contribution in [1.29, 1.82) is 0 Å². The maximum Gasteiger partial charge on any atom is 0.321 e. The van der Waals surface area contributed by atoms with Gasteiger partial charge in [-0.05, 0) is 33.3 Å². The van der Waals surface area contributed by atoms with Crippen LogP contribution in [0, 0.1) is 13.8 Å². The second-order valence-corrected chi connectivity index (χ2v) is 7.84. The molecule has 0 saturated heterocycles. The number of aromatic nitrogens is 2. The summed E-state index contributed by atoms with van der Waals surface area (Å²) in [5, 5.41) is 5.28. The predicted molar refractivity (Wildman–Crippen MR) is 96.9 cm³/mol. The van der Waals surface area contributed by atoms with E-state index in [1.165, 1.54) is 15.9 Å². The average molecular weight is 368 g/mol. The van der Waals surface area contributed by atoms with Crippen LogP contribution in [0.4, 0.5) is 4.79 Å². The standard InChI is InChI=1S/C15H20N4O3S2/c1-6-16-14(22)17-11(20)9(4)24-15-18-12-10(13(21)19(15)5)7(2)8(3)23-12/h9H,6H2,1-5H3,(H2,16,17,20,22)/t9-/m1/s1. The Labute approximate surface area is 147 Å². The minimum atomic E-state index is -0.565. The molecule has 2 N–H and O–H groups in total. The van der Waals surface area contributed by atoms with Crippen LogP contribution < -0.4 is 16.2 Å². The van der Waals surface area contributed by atoms with Gasteiger partial charge in [0.15, 0.2) is 5.16 Å². The highest BCUT2D eigenvalue weighted by molar-refractivity contribution is 8.00. The Kier molecular flexibility index (Phi) is 5.66. The summed E-state index contributed by atoms with van der Waals surface area (Å²) in [6.45, 7) is 7.73. The van der Waals surface area contributed by atoms with Crippen molar-refractivity contribution in [2.45, 2.75) is 38.1 Å². The SMILES string of the molecule is CCNC(=O)NC(=O)[C@@H](C)Sc1nc2sc(C)c(C)c2c(=O)n1C. The van der Waals surface area contributed by atoms with Gasteiger partial charge < -0.3 is 5.32 Å². The van der Waals surface area contributed by atoms with E-state index >= 15 is 0 Å². The number of aryl methyl sites for hydroxylation is 2. The Morgan fingerprint density at radius 1 is 1.38 bits per heavy atom. The molecule has 24 heavy (non-hydrogen) atoms. The molecule has 0 bridgehead atoms. The highest BCUT2D eigenvalue weighted by Crippen LogP contribution is 2.29. The highest BCUT2D eigenvalue weighted by atomic mass is 32.2. The van der Waals surface area contributed by atoms with Crippen molar-refractivity contribution in [2.75, 3.05) is 6.54 Å². The van der Waals surface area contributed by atoms with Crippen molar-refractivity contribution in [2.24, 2.45) is 7.05 Å². The largest absolute Gasteiger partial charge is 0.338 e. The number of fused-ring (bicyclic) bond motifs is 1. The molecule has 0 radical (unpaired) electrons. The molecule has 2 rings (SSSR count). The lowest BCUT2D eigenvalue weighted by Crippen LogP contribution is -2.42. The normalized spacial score (nSPS) is 12.2. The zero-order valence-corrected chi connectivity index (χ0v) is 15.9. The second-order valence-electron chi connectivity index (χ2n) is 5.33. The second kappa shape index (κ2) is 7.35. The number of nitrogens with one attached hydrogen (secondary N) is 2. The third kappa shape index (κ3) is 3.62. The number of thioether (sulfide) groups is 1. The molecular formula is C15H20N4O3S2. The first-order valence-electron chi connectivity index (χ1n) is 7.48. The van der Waals surface area contributed by atoms with Crippen molar-refractivity contribution in [3.05, 3.63) is 20.8 Å². The minimum absolute atomic E-state index is 0.124. The van der Waals surface area contributed by atoms with E-state index in [2.05, 4.69) is 15.6 Å². The van der Waals surface area contributed by atoms with Crippen molar-refractivity contribution >= 4 is 45.3 Å². The summed E-state index contributed by atoms with van der Waals surface area (Å²) in [6.07, 6.45) is 0. The van der Waals surface area contributed by atoms with Crippen LogP contribution in [0.15, 0.2) is 9.95 Å². The van der Waals surface area contributed by atoms with Crippen LogP contribution in [0.25, 0.3) is 10.2 Å². The monoisotopic (exact) mass is 368 g/mol. The van der Waals surface area contributed by atoms with Crippen molar-refractivity contribution in [1.82, 2.24) is 20.2 Å². The molecule has 0 aliphatic heterocycles. The maximum absolute atomic E-state index is 12.5. The molecule has 2 aromatic rings. The summed E-state index contributed by atoms with van der Waals surface area (Å²) in [5.74, 6) is -0.432.